The summed E-state index contributed by atoms with van der Waals surface area (Å²) < 4.78 is 0. The summed E-state index contributed by atoms with van der Waals surface area (Å²) in [5.41, 5.74) is 2.55. The van der Waals surface area contributed by atoms with Gasteiger partial charge in [-0.15, -0.1) is 0 Å². The smallest absolute Gasteiger partial charge is 0.0594 e. The zero-order chi connectivity index (χ0) is 15.3. The van der Waals surface area contributed by atoms with Crippen LogP contribution in [-0.4, -0.2) is 8.07 Å². The lowest BCUT2D eigenvalue weighted by Gasteiger charge is -2.35. The minimum Gasteiger partial charge on any atom is -0.376 e. The Balaban J connectivity index is 2.25. The molecule has 0 saturated carbocycles. The number of benzene rings is 2. The van der Waals surface area contributed by atoms with Crippen LogP contribution in [0.25, 0.3) is 0 Å². The minimum absolute atomic E-state index is 0.0110. The Morgan fingerprint density at radius 2 is 1.38 bits per heavy atom. The van der Waals surface area contributed by atoms with E-state index in [4.69, 9.17) is 0 Å². The molecule has 2 rings (SSSR count). The molecule has 1 atom stereocenters. The first-order valence-electron chi connectivity index (χ1n) is 7.78. The van der Waals surface area contributed by atoms with Crippen LogP contribution in [0.3, 0.4) is 0 Å². The molecule has 0 bridgehead atoms. The summed E-state index contributed by atoms with van der Waals surface area (Å²) in [7, 11) is -1.06. The molecule has 0 aliphatic rings. The second kappa shape index (κ2) is 6.48. The van der Waals surface area contributed by atoms with Crippen molar-refractivity contribution in [3.05, 3.63) is 66.2 Å². The molecule has 2 heteroatoms. The summed E-state index contributed by atoms with van der Waals surface area (Å²) in [5.74, 6) is 0. The van der Waals surface area contributed by atoms with Gasteiger partial charge in [0, 0.05) is 13.8 Å². The van der Waals surface area contributed by atoms with Gasteiger partial charge in [-0.05, 0) is 31.0 Å². The van der Waals surface area contributed by atoms with Crippen LogP contribution in [0.4, 0.5) is 5.69 Å². The zero-order valence-corrected chi connectivity index (χ0v) is 14.7. The van der Waals surface area contributed by atoms with Crippen molar-refractivity contribution in [2.24, 2.45) is 0 Å². The van der Waals surface area contributed by atoms with Crippen molar-refractivity contribution in [1.29, 1.82) is 0 Å². The van der Waals surface area contributed by atoms with E-state index in [0.29, 0.717) is 0 Å². The highest BCUT2D eigenvalue weighted by atomic mass is 28.3. The van der Waals surface area contributed by atoms with Crippen LogP contribution in [-0.2, 0) is 5.54 Å². The van der Waals surface area contributed by atoms with Gasteiger partial charge in [0.05, 0.1) is 5.54 Å². The average molecular weight is 298 g/mol. The van der Waals surface area contributed by atoms with E-state index in [-0.39, 0.29) is 5.54 Å². The molecule has 2 aromatic carbocycles. The Bertz CT molecular complexity index is 545. The Hall–Kier alpha value is -1.54. The third kappa shape index (κ3) is 4.75. The lowest BCUT2D eigenvalue weighted by Crippen LogP contribution is -2.34. The fourth-order valence-corrected chi connectivity index (χ4v) is 3.80. The van der Waals surface area contributed by atoms with E-state index in [9.17, 15) is 0 Å². The van der Waals surface area contributed by atoms with Gasteiger partial charge in [-0.1, -0.05) is 74.2 Å². The van der Waals surface area contributed by atoms with Crippen molar-refractivity contribution in [3.8, 4) is 0 Å². The molecule has 112 valence electrons. The monoisotopic (exact) mass is 297 g/mol. The van der Waals surface area contributed by atoms with Gasteiger partial charge in [0.1, 0.15) is 0 Å². The molecule has 0 spiro atoms. The standard InChI is InChI=1S/C19H27NSi/c1-19(15-16-21(2,3)4,17-11-7-5-8-12-17)20-18-13-9-6-10-14-18/h5-14,20H,15-16H2,1-4H3. The number of hydrogen-bond acceptors (Lipinski definition) is 1. The molecule has 0 amide bonds. The minimum atomic E-state index is -1.06. The molecule has 1 N–H and O–H groups in total. The Labute approximate surface area is 130 Å². The van der Waals surface area contributed by atoms with Crippen molar-refractivity contribution < 1.29 is 0 Å². The topological polar surface area (TPSA) is 12.0 Å². The normalized spacial score (nSPS) is 14.5. The number of para-hydroxylation sites is 1. The molecule has 0 heterocycles. The lowest BCUT2D eigenvalue weighted by atomic mass is 9.89. The molecular formula is C19H27NSi. The quantitative estimate of drug-likeness (QED) is 0.670. The molecule has 1 unspecified atom stereocenters. The Morgan fingerprint density at radius 3 is 1.90 bits per heavy atom. The van der Waals surface area contributed by atoms with E-state index in [2.05, 4.69) is 92.5 Å². The van der Waals surface area contributed by atoms with E-state index < -0.39 is 8.07 Å². The van der Waals surface area contributed by atoms with Crippen LogP contribution in [0.1, 0.15) is 18.9 Å². The van der Waals surface area contributed by atoms with Crippen molar-refractivity contribution >= 4 is 13.8 Å². The van der Waals surface area contributed by atoms with Crippen LogP contribution in [0.15, 0.2) is 60.7 Å². The van der Waals surface area contributed by atoms with Crippen LogP contribution >= 0.6 is 0 Å². The van der Waals surface area contributed by atoms with Crippen LogP contribution < -0.4 is 5.32 Å². The molecular weight excluding hydrogens is 270 g/mol. The van der Waals surface area contributed by atoms with Crippen LogP contribution in [0, 0.1) is 0 Å². The van der Waals surface area contributed by atoms with Crippen LogP contribution in [0.5, 0.6) is 0 Å². The maximum Gasteiger partial charge on any atom is 0.0594 e. The van der Waals surface area contributed by atoms with Crippen molar-refractivity contribution in [2.45, 2.75) is 44.6 Å². The fraction of sp³-hybridized carbons (Fsp3) is 0.368. The fourth-order valence-electron chi connectivity index (χ4n) is 2.55. The molecule has 0 fully saturated rings. The average Bonchev–Trinajstić information content (AvgIpc) is 2.47. The second-order valence-electron chi connectivity index (χ2n) is 7.25. The summed E-state index contributed by atoms with van der Waals surface area (Å²) in [4.78, 5) is 0. The summed E-state index contributed by atoms with van der Waals surface area (Å²) in [5, 5.41) is 3.77. The number of rotatable bonds is 6. The van der Waals surface area contributed by atoms with E-state index >= 15 is 0 Å². The van der Waals surface area contributed by atoms with Gasteiger partial charge in [-0.2, -0.15) is 0 Å². The van der Waals surface area contributed by atoms with Crippen molar-refractivity contribution in [3.63, 3.8) is 0 Å². The Morgan fingerprint density at radius 1 is 0.857 bits per heavy atom. The Kier molecular flexibility index (Phi) is 4.89. The molecule has 1 nitrogen and oxygen atoms in total. The number of hydrogen-bond donors (Lipinski definition) is 1. The van der Waals surface area contributed by atoms with E-state index in [0.717, 1.165) is 0 Å². The van der Waals surface area contributed by atoms with Gasteiger partial charge >= 0.3 is 0 Å². The number of nitrogens with one attached hydrogen (secondary N) is 1. The van der Waals surface area contributed by atoms with E-state index in [1.807, 2.05) is 0 Å². The van der Waals surface area contributed by atoms with E-state index in [1.165, 1.54) is 23.7 Å². The van der Waals surface area contributed by atoms with Crippen molar-refractivity contribution in [2.75, 3.05) is 5.32 Å². The van der Waals surface area contributed by atoms with Gasteiger partial charge in [-0.25, -0.2) is 0 Å². The predicted molar refractivity (Wildman–Crippen MR) is 96.6 cm³/mol. The molecule has 0 aliphatic heterocycles. The van der Waals surface area contributed by atoms with Gasteiger partial charge in [0.2, 0.25) is 0 Å². The first kappa shape index (κ1) is 15.8. The highest BCUT2D eigenvalue weighted by Gasteiger charge is 2.28. The third-order valence-electron chi connectivity index (χ3n) is 3.98. The summed E-state index contributed by atoms with van der Waals surface area (Å²) in [6.07, 6.45) is 1.17. The molecule has 2 aromatic rings. The van der Waals surface area contributed by atoms with Gasteiger partial charge in [-0.3, -0.25) is 0 Å². The first-order valence-corrected chi connectivity index (χ1v) is 11.5. The first-order chi connectivity index (χ1) is 9.89. The summed E-state index contributed by atoms with van der Waals surface area (Å²) >= 11 is 0. The molecule has 0 saturated heterocycles. The molecule has 0 radical (unpaired) electrons. The third-order valence-corrected chi connectivity index (χ3v) is 5.73. The molecule has 21 heavy (non-hydrogen) atoms. The summed E-state index contributed by atoms with van der Waals surface area (Å²) in [6.45, 7) is 9.66. The predicted octanol–water partition coefficient (Wildman–Crippen LogP) is 5.74. The van der Waals surface area contributed by atoms with E-state index in [1.54, 1.807) is 0 Å². The number of anilines is 1. The highest BCUT2D eigenvalue weighted by molar-refractivity contribution is 6.76. The second-order valence-corrected chi connectivity index (χ2v) is 12.9. The molecule has 0 aliphatic carbocycles. The maximum atomic E-state index is 3.77. The van der Waals surface area contributed by atoms with Gasteiger partial charge in [0.15, 0.2) is 0 Å². The van der Waals surface area contributed by atoms with Gasteiger partial charge < -0.3 is 5.32 Å². The summed E-state index contributed by atoms with van der Waals surface area (Å²) in [6, 6.07) is 22.7. The zero-order valence-electron chi connectivity index (χ0n) is 13.7. The lowest BCUT2D eigenvalue weighted by molar-refractivity contribution is 0.520. The molecule has 0 aromatic heterocycles. The largest absolute Gasteiger partial charge is 0.376 e. The SMILES string of the molecule is CC(CC[Si](C)(C)C)(Nc1ccccc1)c1ccccc1. The van der Waals surface area contributed by atoms with Crippen molar-refractivity contribution in [1.82, 2.24) is 0 Å². The highest BCUT2D eigenvalue weighted by Crippen LogP contribution is 2.33. The maximum absolute atomic E-state index is 3.77. The van der Waals surface area contributed by atoms with Crippen LogP contribution in [0.2, 0.25) is 25.7 Å². The van der Waals surface area contributed by atoms with Gasteiger partial charge in [0.25, 0.3) is 0 Å².